The van der Waals surface area contributed by atoms with Crippen LogP contribution in [0.25, 0.3) is 6.08 Å². The van der Waals surface area contributed by atoms with E-state index in [-0.39, 0.29) is 11.9 Å². The molecule has 1 fully saturated rings. The Hall–Kier alpha value is -3.81. The van der Waals surface area contributed by atoms with Gasteiger partial charge < -0.3 is 24.8 Å². The van der Waals surface area contributed by atoms with E-state index >= 15 is 0 Å². The minimum absolute atomic E-state index is 0.164. The molecule has 1 saturated carbocycles. The van der Waals surface area contributed by atoms with Crippen LogP contribution in [0.5, 0.6) is 11.5 Å². The van der Waals surface area contributed by atoms with Gasteiger partial charge in [-0.3, -0.25) is 9.59 Å². The fourth-order valence-corrected chi connectivity index (χ4v) is 3.62. The lowest BCUT2D eigenvalue weighted by atomic mass is 10.1. The number of carbonyl (C=O) groups excluding carboxylic acids is 3. The minimum atomic E-state index is -0.692. The standard InChI is InChI=1S/C25H28N2O6/c1-31-19-12-13-22(32-2)17(15-19)11-14-24(29)33-16-23(28)27-21-10-6-5-9-20(21)25(30)26-18-7-3-4-8-18/h5-6,9-15,18H,3-4,7-8,16H2,1-2H3,(H,26,30)(H,27,28)/b14-11+. The molecule has 0 heterocycles. The van der Waals surface area contributed by atoms with Crippen LogP contribution in [0.2, 0.25) is 0 Å². The quantitative estimate of drug-likeness (QED) is 0.445. The Kier molecular flexibility index (Phi) is 8.46. The molecule has 0 saturated heterocycles. The van der Waals surface area contributed by atoms with Crippen LogP contribution < -0.4 is 20.1 Å². The van der Waals surface area contributed by atoms with E-state index in [1.165, 1.54) is 19.3 Å². The minimum Gasteiger partial charge on any atom is -0.497 e. The number of benzene rings is 2. The van der Waals surface area contributed by atoms with Crippen molar-refractivity contribution < 1.29 is 28.6 Å². The van der Waals surface area contributed by atoms with Crippen LogP contribution in [0.4, 0.5) is 5.69 Å². The van der Waals surface area contributed by atoms with E-state index in [4.69, 9.17) is 14.2 Å². The van der Waals surface area contributed by atoms with Crippen LogP contribution in [0.3, 0.4) is 0 Å². The molecule has 0 unspecified atom stereocenters. The highest BCUT2D eigenvalue weighted by molar-refractivity contribution is 6.04. The summed E-state index contributed by atoms with van der Waals surface area (Å²) in [5.74, 6) is -0.298. The molecular formula is C25H28N2O6. The molecule has 8 nitrogen and oxygen atoms in total. The first kappa shape index (κ1) is 23.8. The first-order valence-electron chi connectivity index (χ1n) is 10.8. The number of hydrogen-bond donors (Lipinski definition) is 2. The normalized spacial score (nSPS) is 13.5. The maximum absolute atomic E-state index is 12.6. The summed E-state index contributed by atoms with van der Waals surface area (Å²) in [4.78, 5) is 37.0. The molecule has 174 valence electrons. The first-order valence-corrected chi connectivity index (χ1v) is 10.8. The van der Waals surface area contributed by atoms with Gasteiger partial charge in [-0.15, -0.1) is 0 Å². The number of para-hydroxylation sites is 1. The van der Waals surface area contributed by atoms with Crippen LogP contribution >= 0.6 is 0 Å². The summed E-state index contributed by atoms with van der Waals surface area (Å²) >= 11 is 0. The van der Waals surface area contributed by atoms with Crippen molar-refractivity contribution in [1.82, 2.24) is 5.32 Å². The number of anilines is 1. The lowest BCUT2D eigenvalue weighted by Crippen LogP contribution is -2.33. The second kappa shape index (κ2) is 11.7. The molecule has 1 aliphatic rings. The van der Waals surface area contributed by atoms with Gasteiger partial charge in [0, 0.05) is 17.7 Å². The van der Waals surface area contributed by atoms with E-state index in [9.17, 15) is 14.4 Å². The van der Waals surface area contributed by atoms with E-state index in [0.29, 0.717) is 28.3 Å². The van der Waals surface area contributed by atoms with Gasteiger partial charge in [-0.05, 0) is 49.2 Å². The number of nitrogens with one attached hydrogen (secondary N) is 2. The van der Waals surface area contributed by atoms with Crippen LogP contribution in [0, 0.1) is 0 Å². The fraction of sp³-hybridized carbons (Fsp3) is 0.320. The predicted molar refractivity (Wildman–Crippen MR) is 124 cm³/mol. The second-order valence-corrected chi connectivity index (χ2v) is 7.60. The average Bonchev–Trinajstić information content (AvgIpc) is 3.34. The number of esters is 1. The van der Waals surface area contributed by atoms with E-state index < -0.39 is 18.5 Å². The van der Waals surface area contributed by atoms with Crippen molar-refractivity contribution >= 4 is 29.5 Å². The third kappa shape index (κ3) is 6.83. The topological polar surface area (TPSA) is 103 Å². The van der Waals surface area contributed by atoms with Crippen LogP contribution in [-0.2, 0) is 14.3 Å². The van der Waals surface area contributed by atoms with Gasteiger partial charge in [0.2, 0.25) is 0 Å². The third-order valence-corrected chi connectivity index (χ3v) is 5.32. The molecule has 0 atom stereocenters. The maximum atomic E-state index is 12.6. The average molecular weight is 453 g/mol. The lowest BCUT2D eigenvalue weighted by molar-refractivity contribution is -0.142. The third-order valence-electron chi connectivity index (χ3n) is 5.32. The van der Waals surface area contributed by atoms with E-state index in [2.05, 4.69) is 10.6 Å². The Morgan fingerprint density at radius 2 is 1.79 bits per heavy atom. The van der Waals surface area contributed by atoms with Crippen molar-refractivity contribution in [3.8, 4) is 11.5 Å². The summed E-state index contributed by atoms with van der Waals surface area (Å²) in [6, 6.07) is 12.1. The molecule has 2 amide bonds. The zero-order valence-electron chi connectivity index (χ0n) is 18.8. The van der Waals surface area contributed by atoms with Gasteiger partial charge >= 0.3 is 5.97 Å². The van der Waals surface area contributed by atoms with Crippen LogP contribution in [-0.4, -0.2) is 44.7 Å². The van der Waals surface area contributed by atoms with Gasteiger partial charge in [0.15, 0.2) is 6.61 Å². The largest absolute Gasteiger partial charge is 0.497 e. The number of methoxy groups -OCH3 is 2. The molecule has 0 spiro atoms. The molecule has 33 heavy (non-hydrogen) atoms. The lowest BCUT2D eigenvalue weighted by Gasteiger charge is -2.15. The van der Waals surface area contributed by atoms with E-state index in [1.54, 1.807) is 49.6 Å². The number of carbonyl (C=O) groups is 3. The monoisotopic (exact) mass is 452 g/mol. The Morgan fingerprint density at radius 3 is 2.52 bits per heavy atom. The van der Waals surface area contributed by atoms with Gasteiger partial charge in [0.25, 0.3) is 11.8 Å². The summed E-state index contributed by atoms with van der Waals surface area (Å²) < 4.78 is 15.5. The molecule has 0 bridgehead atoms. The number of hydrogen-bond acceptors (Lipinski definition) is 6. The van der Waals surface area contributed by atoms with Crippen molar-refractivity contribution in [2.24, 2.45) is 0 Å². The van der Waals surface area contributed by atoms with E-state index in [1.807, 2.05) is 0 Å². The highest BCUT2D eigenvalue weighted by Crippen LogP contribution is 2.25. The SMILES string of the molecule is COc1ccc(OC)c(/C=C/C(=O)OCC(=O)Nc2ccccc2C(=O)NC2CCCC2)c1. The number of amides is 2. The number of rotatable bonds is 9. The molecular weight excluding hydrogens is 424 g/mol. The molecule has 2 aromatic carbocycles. The summed E-state index contributed by atoms with van der Waals surface area (Å²) in [6.45, 7) is -0.489. The molecule has 0 radical (unpaired) electrons. The molecule has 2 N–H and O–H groups in total. The molecule has 0 aromatic heterocycles. The van der Waals surface area contributed by atoms with Crippen molar-refractivity contribution in [3.63, 3.8) is 0 Å². The van der Waals surface area contributed by atoms with Crippen molar-refractivity contribution in [2.45, 2.75) is 31.7 Å². The Morgan fingerprint density at radius 1 is 1.03 bits per heavy atom. The highest BCUT2D eigenvalue weighted by atomic mass is 16.5. The van der Waals surface area contributed by atoms with Crippen LogP contribution in [0.1, 0.15) is 41.6 Å². The van der Waals surface area contributed by atoms with Crippen LogP contribution in [0.15, 0.2) is 48.5 Å². The fourth-order valence-electron chi connectivity index (χ4n) is 3.62. The first-order chi connectivity index (χ1) is 16.0. The smallest absolute Gasteiger partial charge is 0.331 e. The number of ether oxygens (including phenoxy) is 3. The predicted octanol–water partition coefficient (Wildman–Crippen LogP) is 3.57. The summed E-state index contributed by atoms with van der Waals surface area (Å²) in [5.41, 5.74) is 1.36. The second-order valence-electron chi connectivity index (χ2n) is 7.60. The molecule has 1 aliphatic carbocycles. The molecule has 0 aliphatic heterocycles. The molecule has 3 rings (SSSR count). The van der Waals surface area contributed by atoms with Gasteiger partial charge in [-0.2, -0.15) is 0 Å². The van der Waals surface area contributed by atoms with Gasteiger partial charge in [-0.25, -0.2) is 4.79 Å². The zero-order chi connectivity index (χ0) is 23.6. The molecule has 8 heteroatoms. The summed E-state index contributed by atoms with van der Waals surface area (Å²) in [6.07, 6.45) is 6.86. The van der Waals surface area contributed by atoms with Crippen molar-refractivity contribution in [3.05, 3.63) is 59.7 Å². The van der Waals surface area contributed by atoms with Gasteiger partial charge in [-0.1, -0.05) is 25.0 Å². The van der Waals surface area contributed by atoms with Crippen molar-refractivity contribution in [1.29, 1.82) is 0 Å². The molecule has 2 aromatic rings. The Bertz CT molecular complexity index is 1030. The Labute approximate surface area is 192 Å². The maximum Gasteiger partial charge on any atom is 0.331 e. The zero-order valence-corrected chi connectivity index (χ0v) is 18.8. The highest BCUT2D eigenvalue weighted by Gasteiger charge is 2.20. The van der Waals surface area contributed by atoms with Crippen molar-refractivity contribution in [2.75, 3.05) is 26.1 Å². The summed E-state index contributed by atoms with van der Waals surface area (Å²) in [5, 5.41) is 5.65. The van der Waals surface area contributed by atoms with E-state index in [0.717, 1.165) is 25.7 Å². The Balaban J connectivity index is 1.55. The summed E-state index contributed by atoms with van der Waals surface area (Å²) in [7, 11) is 3.06. The van der Waals surface area contributed by atoms with Gasteiger partial charge in [0.05, 0.1) is 25.5 Å². The van der Waals surface area contributed by atoms with Gasteiger partial charge in [0.1, 0.15) is 11.5 Å².